The van der Waals surface area contributed by atoms with Gasteiger partial charge in [-0.2, -0.15) is 4.98 Å². The molecule has 19 heavy (non-hydrogen) atoms. The van der Waals surface area contributed by atoms with Crippen molar-refractivity contribution in [1.29, 1.82) is 0 Å². The first-order chi connectivity index (χ1) is 8.90. The molecule has 0 bridgehead atoms. The molecule has 0 aliphatic carbocycles. The summed E-state index contributed by atoms with van der Waals surface area (Å²) in [5.74, 6) is 0.557. The number of hydrogen-bond donors (Lipinski definition) is 0. The highest BCUT2D eigenvalue weighted by atomic mass is 32.2. The fourth-order valence-corrected chi connectivity index (χ4v) is 3.16. The van der Waals surface area contributed by atoms with Crippen LogP contribution in [0.15, 0.2) is 28.8 Å². The molecule has 2 rings (SSSR count). The van der Waals surface area contributed by atoms with Crippen molar-refractivity contribution in [2.45, 2.75) is 31.8 Å². The first-order valence-corrected chi connectivity index (χ1v) is 7.68. The first-order valence-electron chi connectivity index (χ1n) is 5.96. The molecule has 0 saturated carbocycles. The van der Waals surface area contributed by atoms with Crippen molar-refractivity contribution in [2.24, 2.45) is 0 Å². The molecule has 1 aromatic carbocycles. The Morgan fingerprint density at radius 1 is 1.26 bits per heavy atom. The van der Waals surface area contributed by atoms with Crippen LogP contribution >= 0.6 is 0 Å². The number of aryl methyl sites for hydroxylation is 2. The Labute approximate surface area is 112 Å². The van der Waals surface area contributed by atoms with Gasteiger partial charge in [0.05, 0.1) is 5.75 Å². The third kappa shape index (κ3) is 3.01. The molecule has 0 unspecified atom stereocenters. The standard InChI is InChI=1S/C13H16N2O3S/c1-9-6-4-5-7-12(9)8-19(16,17)10(2)13-14-11(3)15-18-13/h4-7,10H,8H2,1-3H3/t10-/m1/s1. The zero-order valence-corrected chi connectivity index (χ0v) is 11.9. The average molecular weight is 280 g/mol. The van der Waals surface area contributed by atoms with E-state index in [4.69, 9.17) is 4.52 Å². The summed E-state index contributed by atoms with van der Waals surface area (Å²) in [5, 5.41) is 2.83. The minimum absolute atomic E-state index is 0.0255. The lowest BCUT2D eigenvalue weighted by molar-refractivity contribution is 0.373. The summed E-state index contributed by atoms with van der Waals surface area (Å²) in [6.45, 7) is 5.13. The van der Waals surface area contributed by atoms with Crippen molar-refractivity contribution < 1.29 is 12.9 Å². The molecule has 1 atom stereocenters. The largest absolute Gasteiger partial charge is 0.338 e. The van der Waals surface area contributed by atoms with Crippen LogP contribution in [0.1, 0.15) is 35.0 Å². The van der Waals surface area contributed by atoms with Crippen molar-refractivity contribution in [3.63, 3.8) is 0 Å². The molecule has 0 N–H and O–H groups in total. The van der Waals surface area contributed by atoms with E-state index in [2.05, 4.69) is 10.1 Å². The maximum atomic E-state index is 12.3. The fraction of sp³-hybridized carbons (Fsp3) is 0.385. The van der Waals surface area contributed by atoms with Gasteiger partial charge >= 0.3 is 0 Å². The lowest BCUT2D eigenvalue weighted by Gasteiger charge is -2.10. The van der Waals surface area contributed by atoms with Gasteiger partial charge in [0.15, 0.2) is 15.7 Å². The summed E-state index contributed by atoms with van der Waals surface area (Å²) < 4.78 is 29.6. The van der Waals surface area contributed by atoms with Crippen LogP contribution in [0, 0.1) is 13.8 Å². The monoisotopic (exact) mass is 280 g/mol. The number of aromatic nitrogens is 2. The summed E-state index contributed by atoms with van der Waals surface area (Å²) >= 11 is 0. The molecule has 1 heterocycles. The molecule has 102 valence electrons. The van der Waals surface area contributed by atoms with Crippen molar-refractivity contribution in [3.05, 3.63) is 47.1 Å². The van der Waals surface area contributed by atoms with E-state index in [1.54, 1.807) is 13.8 Å². The maximum Gasteiger partial charge on any atom is 0.244 e. The van der Waals surface area contributed by atoms with E-state index in [9.17, 15) is 8.42 Å². The number of hydrogen-bond acceptors (Lipinski definition) is 5. The Morgan fingerprint density at radius 3 is 2.53 bits per heavy atom. The predicted octanol–water partition coefficient (Wildman–Crippen LogP) is 2.36. The molecule has 0 radical (unpaired) electrons. The summed E-state index contributed by atoms with van der Waals surface area (Å²) in [6.07, 6.45) is 0. The van der Waals surface area contributed by atoms with Crippen LogP contribution in [0.2, 0.25) is 0 Å². The number of nitrogens with zero attached hydrogens (tertiary/aromatic N) is 2. The highest BCUT2D eigenvalue weighted by Gasteiger charge is 2.28. The summed E-state index contributed by atoms with van der Waals surface area (Å²) in [4.78, 5) is 3.98. The van der Waals surface area contributed by atoms with Crippen LogP contribution in [-0.4, -0.2) is 18.6 Å². The maximum absolute atomic E-state index is 12.3. The highest BCUT2D eigenvalue weighted by molar-refractivity contribution is 7.90. The van der Waals surface area contributed by atoms with Gasteiger partial charge in [0.25, 0.3) is 0 Å². The summed E-state index contributed by atoms with van der Waals surface area (Å²) in [6, 6.07) is 7.43. The van der Waals surface area contributed by atoms with Crippen molar-refractivity contribution >= 4 is 9.84 Å². The second-order valence-corrected chi connectivity index (χ2v) is 6.88. The molecule has 6 heteroatoms. The van der Waals surface area contributed by atoms with Crippen LogP contribution in [-0.2, 0) is 15.6 Å². The molecule has 0 spiro atoms. The molecule has 0 aliphatic heterocycles. The predicted molar refractivity (Wildman–Crippen MR) is 71.3 cm³/mol. The third-order valence-corrected chi connectivity index (χ3v) is 5.04. The summed E-state index contributed by atoms with van der Waals surface area (Å²) in [7, 11) is -3.37. The van der Waals surface area contributed by atoms with Crippen molar-refractivity contribution in [1.82, 2.24) is 10.1 Å². The second kappa shape index (κ2) is 5.13. The van der Waals surface area contributed by atoms with E-state index in [1.165, 1.54) is 0 Å². The minimum Gasteiger partial charge on any atom is -0.338 e. The molecule has 0 saturated heterocycles. The Morgan fingerprint density at radius 2 is 1.95 bits per heavy atom. The van der Waals surface area contributed by atoms with Crippen molar-refractivity contribution in [3.8, 4) is 0 Å². The third-order valence-electron chi connectivity index (χ3n) is 3.05. The van der Waals surface area contributed by atoms with Crippen LogP contribution < -0.4 is 0 Å². The van der Waals surface area contributed by atoms with Gasteiger partial charge < -0.3 is 4.52 Å². The smallest absolute Gasteiger partial charge is 0.244 e. The molecule has 0 aliphatic rings. The Bertz CT molecular complexity index is 677. The van der Waals surface area contributed by atoms with E-state index >= 15 is 0 Å². The van der Waals surface area contributed by atoms with Gasteiger partial charge in [-0.15, -0.1) is 0 Å². The molecule has 0 amide bonds. The molecule has 2 aromatic rings. The summed E-state index contributed by atoms with van der Waals surface area (Å²) in [5.41, 5.74) is 1.76. The SMILES string of the molecule is Cc1noc([C@@H](C)S(=O)(=O)Cc2ccccc2C)n1. The topological polar surface area (TPSA) is 73.1 Å². The lowest BCUT2D eigenvalue weighted by atomic mass is 10.1. The minimum atomic E-state index is -3.37. The van der Waals surface area contributed by atoms with Gasteiger partial charge in [-0.1, -0.05) is 29.4 Å². The van der Waals surface area contributed by atoms with E-state index in [0.29, 0.717) is 5.82 Å². The van der Waals surface area contributed by atoms with Gasteiger partial charge in [-0.05, 0) is 31.9 Å². The fourth-order valence-electron chi connectivity index (χ4n) is 1.75. The molecule has 5 nitrogen and oxygen atoms in total. The van der Waals surface area contributed by atoms with Gasteiger partial charge in [0.2, 0.25) is 5.89 Å². The zero-order valence-electron chi connectivity index (χ0n) is 11.1. The van der Waals surface area contributed by atoms with Gasteiger partial charge in [-0.25, -0.2) is 8.42 Å². The zero-order chi connectivity index (χ0) is 14.0. The second-order valence-electron chi connectivity index (χ2n) is 4.56. The Balaban J connectivity index is 2.26. The Kier molecular flexibility index (Phi) is 3.71. The van der Waals surface area contributed by atoms with Crippen molar-refractivity contribution in [2.75, 3.05) is 0 Å². The first kappa shape index (κ1) is 13.7. The quantitative estimate of drug-likeness (QED) is 0.859. The Hall–Kier alpha value is -1.69. The number of rotatable bonds is 4. The van der Waals surface area contributed by atoms with E-state index in [0.717, 1.165) is 11.1 Å². The normalized spacial score (nSPS) is 13.4. The van der Waals surface area contributed by atoms with Crippen LogP contribution in [0.4, 0.5) is 0 Å². The van der Waals surface area contributed by atoms with E-state index in [1.807, 2.05) is 31.2 Å². The van der Waals surface area contributed by atoms with Gasteiger partial charge in [0, 0.05) is 0 Å². The van der Waals surface area contributed by atoms with Gasteiger partial charge in [-0.3, -0.25) is 0 Å². The van der Waals surface area contributed by atoms with E-state index < -0.39 is 15.1 Å². The number of benzene rings is 1. The van der Waals surface area contributed by atoms with E-state index in [-0.39, 0.29) is 11.6 Å². The average Bonchev–Trinajstić information content (AvgIpc) is 2.77. The lowest BCUT2D eigenvalue weighted by Crippen LogP contribution is -2.13. The van der Waals surface area contributed by atoms with Crippen LogP contribution in [0.3, 0.4) is 0 Å². The number of sulfone groups is 1. The molecular weight excluding hydrogens is 264 g/mol. The van der Waals surface area contributed by atoms with Crippen LogP contribution in [0.5, 0.6) is 0 Å². The molecule has 1 aromatic heterocycles. The molecule has 0 fully saturated rings. The molecular formula is C13H16N2O3S. The van der Waals surface area contributed by atoms with Gasteiger partial charge in [0.1, 0.15) is 5.25 Å². The highest BCUT2D eigenvalue weighted by Crippen LogP contribution is 2.24. The van der Waals surface area contributed by atoms with Crippen LogP contribution in [0.25, 0.3) is 0 Å².